The minimum absolute atomic E-state index is 0.0723. The van der Waals surface area contributed by atoms with Crippen molar-refractivity contribution in [3.8, 4) is 5.75 Å². The molecule has 1 aliphatic heterocycles. The molecule has 0 spiro atoms. The van der Waals surface area contributed by atoms with Gasteiger partial charge in [-0.3, -0.25) is 10.00 Å². The minimum Gasteiger partial charge on any atom is -0.496 e. The average molecular weight is 358 g/mol. The molecule has 2 aromatic rings. The van der Waals surface area contributed by atoms with Gasteiger partial charge in [0.1, 0.15) is 11.6 Å². The van der Waals surface area contributed by atoms with E-state index in [0.29, 0.717) is 18.9 Å². The van der Waals surface area contributed by atoms with Crippen LogP contribution < -0.4 is 10.1 Å². The Labute approximate surface area is 153 Å². The van der Waals surface area contributed by atoms with E-state index >= 15 is 0 Å². The lowest BCUT2D eigenvalue weighted by molar-refractivity contribution is 0.133. The quantitative estimate of drug-likeness (QED) is 0.850. The Balaban J connectivity index is 1.49. The molecule has 3 rings (SSSR count). The second-order valence-corrected chi connectivity index (χ2v) is 6.53. The molecule has 1 aromatic heterocycles. The van der Waals surface area contributed by atoms with Gasteiger partial charge in [-0.2, -0.15) is 5.10 Å². The van der Waals surface area contributed by atoms with Gasteiger partial charge in [-0.15, -0.1) is 0 Å². The van der Waals surface area contributed by atoms with E-state index in [1.54, 1.807) is 7.11 Å². The molecule has 2 heterocycles. The fourth-order valence-electron chi connectivity index (χ4n) is 3.08. The summed E-state index contributed by atoms with van der Waals surface area (Å²) >= 11 is 0. The number of rotatable bonds is 5. The number of ether oxygens (including phenoxy) is 1. The summed E-state index contributed by atoms with van der Waals surface area (Å²) in [5.74, 6) is 2.25. The molecule has 0 aliphatic carbocycles. The van der Waals surface area contributed by atoms with Crippen molar-refractivity contribution in [2.45, 2.75) is 26.4 Å². The molecule has 0 radical (unpaired) electrons. The number of hydrogen-bond acceptors (Lipinski definition) is 5. The number of benzene rings is 1. The number of amides is 2. The van der Waals surface area contributed by atoms with Gasteiger partial charge < -0.3 is 15.0 Å². The van der Waals surface area contributed by atoms with Crippen molar-refractivity contribution in [3.05, 3.63) is 41.5 Å². The Morgan fingerprint density at radius 3 is 2.69 bits per heavy atom. The van der Waals surface area contributed by atoms with Crippen LogP contribution in [-0.2, 0) is 6.54 Å². The number of aromatic nitrogens is 3. The van der Waals surface area contributed by atoms with Crippen molar-refractivity contribution >= 4 is 6.03 Å². The van der Waals surface area contributed by atoms with Crippen LogP contribution in [0.15, 0.2) is 24.3 Å². The summed E-state index contributed by atoms with van der Waals surface area (Å²) in [4.78, 5) is 20.9. The van der Waals surface area contributed by atoms with Gasteiger partial charge in [-0.25, -0.2) is 9.78 Å². The minimum atomic E-state index is -0.223. The summed E-state index contributed by atoms with van der Waals surface area (Å²) in [5, 5.41) is 9.86. The molecule has 1 saturated heterocycles. The van der Waals surface area contributed by atoms with E-state index in [1.807, 2.05) is 36.9 Å². The Bertz CT molecular complexity index is 739. The third kappa shape index (κ3) is 4.32. The summed E-state index contributed by atoms with van der Waals surface area (Å²) in [6, 6.07) is 7.76. The van der Waals surface area contributed by atoms with Gasteiger partial charge in [0.15, 0.2) is 5.82 Å². The fourth-order valence-corrected chi connectivity index (χ4v) is 3.08. The van der Waals surface area contributed by atoms with E-state index in [-0.39, 0.29) is 12.1 Å². The molecular weight excluding hydrogens is 332 g/mol. The van der Waals surface area contributed by atoms with Crippen LogP contribution in [0.2, 0.25) is 0 Å². The highest BCUT2D eigenvalue weighted by molar-refractivity contribution is 5.74. The van der Waals surface area contributed by atoms with Gasteiger partial charge in [0.05, 0.1) is 13.2 Å². The monoisotopic (exact) mass is 358 g/mol. The van der Waals surface area contributed by atoms with Crippen LogP contribution in [0.5, 0.6) is 5.75 Å². The predicted octanol–water partition coefficient (Wildman–Crippen LogP) is 1.71. The van der Waals surface area contributed by atoms with Gasteiger partial charge >= 0.3 is 6.03 Å². The number of carbonyl (C=O) groups is 1. The fraction of sp³-hybridized carbons (Fsp3) is 0.500. The van der Waals surface area contributed by atoms with Gasteiger partial charge in [0, 0.05) is 38.3 Å². The predicted molar refractivity (Wildman–Crippen MR) is 97.9 cm³/mol. The Morgan fingerprint density at radius 1 is 1.31 bits per heavy atom. The highest BCUT2D eigenvalue weighted by Crippen LogP contribution is 2.20. The van der Waals surface area contributed by atoms with Crippen LogP contribution in [0.25, 0.3) is 0 Å². The van der Waals surface area contributed by atoms with Crippen molar-refractivity contribution in [2.75, 3.05) is 33.3 Å². The van der Waals surface area contributed by atoms with Crippen LogP contribution in [0.1, 0.15) is 30.2 Å². The molecule has 1 atom stereocenters. The molecule has 1 fully saturated rings. The maximum absolute atomic E-state index is 12.5. The number of para-hydroxylation sites is 1. The number of nitrogens with zero attached hydrogens (tertiary/aromatic N) is 4. The SMILES string of the molecule is COc1ccccc1CN1CCN(C(=O)NC(C)c2n[nH]c(C)n2)CC1. The largest absolute Gasteiger partial charge is 0.496 e. The van der Waals surface area contributed by atoms with E-state index in [2.05, 4.69) is 31.5 Å². The van der Waals surface area contributed by atoms with Crippen LogP contribution in [0.4, 0.5) is 4.79 Å². The molecule has 2 amide bonds. The highest BCUT2D eigenvalue weighted by Gasteiger charge is 2.23. The maximum Gasteiger partial charge on any atom is 0.318 e. The number of nitrogens with one attached hydrogen (secondary N) is 2. The van der Waals surface area contributed by atoms with E-state index < -0.39 is 0 Å². The van der Waals surface area contributed by atoms with Crippen LogP contribution in [0.3, 0.4) is 0 Å². The lowest BCUT2D eigenvalue weighted by Gasteiger charge is -2.35. The number of H-pyrrole nitrogens is 1. The first-order valence-corrected chi connectivity index (χ1v) is 8.85. The topological polar surface area (TPSA) is 86.4 Å². The summed E-state index contributed by atoms with van der Waals surface area (Å²) in [5.41, 5.74) is 1.17. The average Bonchev–Trinajstić information content (AvgIpc) is 3.09. The normalized spacial score (nSPS) is 16.3. The molecule has 8 heteroatoms. The van der Waals surface area contributed by atoms with E-state index in [1.165, 1.54) is 5.56 Å². The Kier molecular flexibility index (Phi) is 5.72. The first-order valence-electron chi connectivity index (χ1n) is 8.85. The molecule has 1 aromatic carbocycles. The molecule has 0 bridgehead atoms. The summed E-state index contributed by atoms with van der Waals surface area (Å²) in [7, 11) is 1.69. The first-order chi connectivity index (χ1) is 12.6. The first kappa shape index (κ1) is 18.2. The third-order valence-corrected chi connectivity index (χ3v) is 4.59. The number of hydrogen-bond donors (Lipinski definition) is 2. The van der Waals surface area contributed by atoms with E-state index in [9.17, 15) is 4.79 Å². The van der Waals surface area contributed by atoms with Gasteiger partial charge in [-0.1, -0.05) is 18.2 Å². The summed E-state index contributed by atoms with van der Waals surface area (Å²) in [6.45, 7) is 7.61. The smallest absolute Gasteiger partial charge is 0.318 e. The second-order valence-electron chi connectivity index (χ2n) is 6.53. The van der Waals surface area contributed by atoms with Crippen LogP contribution in [0, 0.1) is 6.92 Å². The third-order valence-electron chi connectivity index (χ3n) is 4.59. The Hall–Kier alpha value is -2.61. The number of aryl methyl sites for hydroxylation is 1. The highest BCUT2D eigenvalue weighted by atomic mass is 16.5. The maximum atomic E-state index is 12.5. The Morgan fingerprint density at radius 2 is 2.04 bits per heavy atom. The zero-order chi connectivity index (χ0) is 18.5. The molecule has 2 N–H and O–H groups in total. The van der Waals surface area contributed by atoms with Gasteiger partial charge in [0.25, 0.3) is 0 Å². The van der Waals surface area contributed by atoms with Crippen molar-refractivity contribution in [1.29, 1.82) is 0 Å². The number of methoxy groups -OCH3 is 1. The molecular formula is C18H26N6O2. The molecule has 1 unspecified atom stereocenters. The number of aromatic amines is 1. The number of carbonyl (C=O) groups excluding carboxylic acids is 1. The lowest BCUT2D eigenvalue weighted by Crippen LogP contribution is -2.51. The van der Waals surface area contributed by atoms with Crippen molar-refractivity contribution in [2.24, 2.45) is 0 Å². The molecule has 0 saturated carbocycles. The van der Waals surface area contributed by atoms with Gasteiger partial charge in [0.2, 0.25) is 0 Å². The number of urea groups is 1. The second kappa shape index (κ2) is 8.18. The molecule has 8 nitrogen and oxygen atoms in total. The number of piperazine rings is 1. The zero-order valence-corrected chi connectivity index (χ0v) is 15.5. The van der Waals surface area contributed by atoms with Crippen molar-refractivity contribution in [3.63, 3.8) is 0 Å². The standard InChI is InChI=1S/C18H26N6O2/c1-13(17-20-14(2)21-22-17)19-18(25)24-10-8-23(9-11-24)12-15-6-4-5-7-16(15)26-3/h4-7,13H,8-12H2,1-3H3,(H,19,25)(H,20,21,22). The van der Waals surface area contributed by atoms with Gasteiger partial charge in [-0.05, 0) is 19.9 Å². The molecule has 26 heavy (non-hydrogen) atoms. The zero-order valence-electron chi connectivity index (χ0n) is 15.5. The van der Waals surface area contributed by atoms with E-state index in [4.69, 9.17) is 4.74 Å². The van der Waals surface area contributed by atoms with E-state index in [0.717, 1.165) is 31.2 Å². The van der Waals surface area contributed by atoms with Crippen LogP contribution in [-0.4, -0.2) is 64.3 Å². The summed E-state index contributed by atoms with van der Waals surface area (Å²) < 4.78 is 5.42. The molecule has 1 aliphatic rings. The lowest BCUT2D eigenvalue weighted by atomic mass is 10.1. The summed E-state index contributed by atoms with van der Waals surface area (Å²) in [6.07, 6.45) is 0. The molecule has 140 valence electrons. The van der Waals surface area contributed by atoms with Crippen molar-refractivity contribution < 1.29 is 9.53 Å². The van der Waals surface area contributed by atoms with Crippen LogP contribution >= 0.6 is 0 Å². The van der Waals surface area contributed by atoms with Crippen molar-refractivity contribution in [1.82, 2.24) is 30.3 Å².